The van der Waals surface area contributed by atoms with Gasteiger partial charge >= 0.3 is 0 Å². The van der Waals surface area contributed by atoms with E-state index in [-0.39, 0.29) is 11.3 Å². The van der Waals surface area contributed by atoms with Crippen molar-refractivity contribution in [1.29, 1.82) is 0 Å². The van der Waals surface area contributed by atoms with Crippen molar-refractivity contribution in [1.82, 2.24) is 4.90 Å². The lowest BCUT2D eigenvalue weighted by atomic mass is 9.98. The Hall–Kier alpha value is -1.91. The molecular weight excluding hydrogens is 261 g/mol. The maximum absolute atomic E-state index is 13.6. The molecule has 1 aliphatic rings. The average Bonchev–Trinajstić information content (AvgIpc) is 2.46. The number of benzene rings is 1. The molecule has 108 valence electrons. The molecule has 5 heteroatoms. The van der Waals surface area contributed by atoms with Gasteiger partial charge in [-0.25, -0.2) is 4.39 Å². The second kappa shape index (κ2) is 6.03. The van der Waals surface area contributed by atoms with Crippen LogP contribution in [0.2, 0.25) is 0 Å². The third kappa shape index (κ3) is 2.98. The number of hydrogen-bond donors (Lipinski definition) is 0. The molecule has 0 bridgehead atoms. The maximum Gasteiger partial charge on any atom is 0.294 e. The van der Waals surface area contributed by atoms with E-state index in [9.17, 15) is 14.0 Å². The van der Waals surface area contributed by atoms with Gasteiger partial charge in [0.15, 0.2) is 11.6 Å². The number of ketones is 1. The van der Waals surface area contributed by atoms with Crippen LogP contribution in [0.25, 0.3) is 0 Å². The van der Waals surface area contributed by atoms with Crippen LogP contribution in [-0.2, 0) is 4.79 Å². The van der Waals surface area contributed by atoms with Gasteiger partial charge < -0.3 is 9.64 Å². The molecule has 1 saturated heterocycles. The van der Waals surface area contributed by atoms with Gasteiger partial charge in [-0.2, -0.15) is 0 Å². The van der Waals surface area contributed by atoms with E-state index in [1.807, 2.05) is 0 Å². The Labute approximate surface area is 117 Å². The van der Waals surface area contributed by atoms with Crippen molar-refractivity contribution >= 4 is 11.7 Å². The molecule has 1 fully saturated rings. The summed E-state index contributed by atoms with van der Waals surface area (Å²) in [4.78, 5) is 25.7. The van der Waals surface area contributed by atoms with Gasteiger partial charge in [-0.3, -0.25) is 9.59 Å². The smallest absolute Gasteiger partial charge is 0.294 e. The number of piperidine rings is 1. The molecule has 0 saturated carbocycles. The normalized spacial score (nSPS) is 16.1. The van der Waals surface area contributed by atoms with Crippen molar-refractivity contribution in [3.63, 3.8) is 0 Å². The van der Waals surface area contributed by atoms with E-state index in [0.717, 1.165) is 18.9 Å². The van der Waals surface area contributed by atoms with E-state index in [2.05, 4.69) is 6.92 Å². The van der Waals surface area contributed by atoms with Gasteiger partial charge in [0.25, 0.3) is 5.91 Å². The summed E-state index contributed by atoms with van der Waals surface area (Å²) in [5.74, 6) is -1.23. The summed E-state index contributed by atoms with van der Waals surface area (Å²) in [5, 5.41) is 0. The summed E-state index contributed by atoms with van der Waals surface area (Å²) in [6, 6.07) is 3.81. The Morgan fingerprint density at radius 3 is 2.50 bits per heavy atom. The van der Waals surface area contributed by atoms with Crippen LogP contribution in [0.15, 0.2) is 18.2 Å². The van der Waals surface area contributed by atoms with E-state index in [4.69, 9.17) is 4.74 Å². The largest absolute Gasteiger partial charge is 0.494 e. The van der Waals surface area contributed by atoms with E-state index in [0.29, 0.717) is 19.0 Å². The first-order chi connectivity index (χ1) is 9.52. The molecule has 1 aromatic rings. The number of rotatable bonds is 3. The van der Waals surface area contributed by atoms with Gasteiger partial charge in [0.2, 0.25) is 5.78 Å². The Morgan fingerprint density at radius 2 is 1.95 bits per heavy atom. The predicted molar refractivity (Wildman–Crippen MR) is 72.3 cm³/mol. The van der Waals surface area contributed by atoms with Crippen LogP contribution in [0, 0.1) is 11.7 Å². The van der Waals surface area contributed by atoms with Gasteiger partial charge in [-0.1, -0.05) is 6.92 Å². The second-order valence-corrected chi connectivity index (χ2v) is 5.15. The molecule has 0 unspecified atom stereocenters. The van der Waals surface area contributed by atoms with Gasteiger partial charge in [0.1, 0.15) is 0 Å². The highest BCUT2D eigenvalue weighted by molar-refractivity contribution is 6.42. The summed E-state index contributed by atoms with van der Waals surface area (Å²) >= 11 is 0. The zero-order valence-corrected chi connectivity index (χ0v) is 11.7. The Bertz CT molecular complexity index is 522. The van der Waals surface area contributed by atoms with Crippen LogP contribution < -0.4 is 4.74 Å². The molecule has 0 aliphatic carbocycles. The molecule has 1 aromatic carbocycles. The fourth-order valence-corrected chi connectivity index (χ4v) is 2.29. The van der Waals surface area contributed by atoms with Crippen LogP contribution >= 0.6 is 0 Å². The van der Waals surface area contributed by atoms with Crippen molar-refractivity contribution in [2.75, 3.05) is 20.2 Å². The van der Waals surface area contributed by atoms with Gasteiger partial charge in [0.05, 0.1) is 7.11 Å². The summed E-state index contributed by atoms with van der Waals surface area (Å²) in [6.45, 7) is 3.30. The van der Waals surface area contributed by atoms with Gasteiger partial charge in [-0.15, -0.1) is 0 Å². The first-order valence-electron chi connectivity index (χ1n) is 6.70. The van der Waals surface area contributed by atoms with Gasteiger partial charge in [-0.05, 0) is 37.0 Å². The Morgan fingerprint density at radius 1 is 1.30 bits per heavy atom. The first-order valence-corrected chi connectivity index (χ1v) is 6.70. The standard InChI is InChI=1S/C15H18FNO3/c1-10-5-7-17(8-6-10)15(19)14(18)11-3-4-13(20-2)12(16)9-11/h3-4,9-10H,5-8H2,1-2H3. The lowest BCUT2D eigenvalue weighted by molar-refractivity contribution is -0.127. The molecule has 1 aliphatic heterocycles. The molecule has 1 amide bonds. The monoisotopic (exact) mass is 279 g/mol. The zero-order chi connectivity index (χ0) is 14.7. The average molecular weight is 279 g/mol. The zero-order valence-electron chi connectivity index (χ0n) is 11.7. The summed E-state index contributed by atoms with van der Waals surface area (Å²) < 4.78 is 18.4. The summed E-state index contributed by atoms with van der Waals surface area (Å²) in [7, 11) is 1.35. The minimum absolute atomic E-state index is 0.0563. The molecular formula is C15H18FNO3. The summed E-state index contributed by atoms with van der Waals surface area (Å²) in [5.41, 5.74) is 0.0620. The third-order valence-electron chi connectivity index (χ3n) is 3.68. The minimum atomic E-state index is -0.666. The molecule has 4 nitrogen and oxygen atoms in total. The van der Waals surface area contributed by atoms with Crippen LogP contribution in [-0.4, -0.2) is 36.8 Å². The Kier molecular flexibility index (Phi) is 4.37. The second-order valence-electron chi connectivity index (χ2n) is 5.15. The predicted octanol–water partition coefficient (Wildman–Crippen LogP) is 2.28. The van der Waals surface area contributed by atoms with E-state index >= 15 is 0 Å². The highest BCUT2D eigenvalue weighted by Gasteiger charge is 2.26. The van der Waals surface area contributed by atoms with Crippen LogP contribution in [0.1, 0.15) is 30.1 Å². The van der Waals surface area contributed by atoms with Crippen molar-refractivity contribution < 1.29 is 18.7 Å². The quantitative estimate of drug-likeness (QED) is 0.630. The number of nitrogens with zero attached hydrogens (tertiary/aromatic N) is 1. The van der Waals surface area contributed by atoms with Crippen LogP contribution in [0.3, 0.4) is 0 Å². The summed E-state index contributed by atoms with van der Waals surface area (Å²) in [6.07, 6.45) is 1.80. The SMILES string of the molecule is COc1ccc(C(=O)C(=O)N2CCC(C)CC2)cc1F. The van der Waals surface area contributed by atoms with Crippen molar-refractivity contribution in [3.05, 3.63) is 29.6 Å². The number of halogens is 1. The molecule has 0 spiro atoms. The van der Waals surface area contributed by atoms with Crippen molar-refractivity contribution in [2.24, 2.45) is 5.92 Å². The molecule has 0 aromatic heterocycles. The number of likely N-dealkylation sites (tertiary alicyclic amines) is 1. The number of carbonyl (C=O) groups is 2. The van der Waals surface area contributed by atoms with E-state index in [1.165, 1.54) is 19.2 Å². The molecule has 2 rings (SSSR count). The van der Waals surface area contributed by atoms with Crippen molar-refractivity contribution in [2.45, 2.75) is 19.8 Å². The molecule has 20 heavy (non-hydrogen) atoms. The van der Waals surface area contributed by atoms with Gasteiger partial charge in [0, 0.05) is 18.7 Å². The minimum Gasteiger partial charge on any atom is -0.494 e. The van der Waals surface area contributed by atoms with E-state index < -0.39 is 17.5 Å². The number of hydrogen-bond acceptors (Lipinski definition) is 3. The number of amides is 1. The molecule has 0 radical (unpaired) electrons. The number of methoxy groups -OCH3 is 1. The first kappa shape index (κ1) is 14.5. The molecule has 0 N–H and O–H groups in total. The fraction of sp³-hybridized carbons (Fsp3) is 0.467. The van der Waals surface area contributed by atoms with Crippen molar-refractivity contribution in [3.8, 4) is 5.75 Å². The molecule has 1 heterocycles. The number of Topliss-reactive ketones (excluding diaryl/α,β-unsaturated/α-hetero) is 1. The molecule has 0 atom stereocenters. The van der Waals surface area contributed by atoms with E-state index in [1.54, 1.807) is 4.90 Å². The Balaban J connectivity index is 2.10. The topological polar surface area (TPSA) is 46.6 Å². The highest BCUT2D eigenvalue weighted by atomic mass is 19.1. The number of carbonyl (C=O) groups excluding carboxylic acids is 2. The maximum atomic E-state index is 13.6. The lowest BCUT2D eigenvalue weighted by Crippen LogP contribution is -2.41. The number of ether oxygens (including phenoxy) is 1. The van der Waals surface area contributed by atoms with Crippen LogP contribution in [0.5, 0.6) is 5.75 Å². The third-order valence-corrected chi connectivity index (χ3v) is 3.68. The lowest BCUT2D eigenvalue weighted by Gasteiger charge is -2.29. The van der Waals surface area contributed by atoms with Crippen LogP contribution in [0.4, 0.5) is 4.39 Å². The fourth-order valence-electron chi connectivity index (χ4n) is 2.29. The highest BCUT2D eigenvalue weighted by Crippen LogP contribution is 2.20.